The summed E-state index contributed by atoms with van der Waals surface area (Å²) in [5.41, 5.74) is 0.399. The number of hydrogen-bond acceptors (Lipinski definition) is 3. The number of Topliss-reactive ketones (excluding diaryl/α,β-unsaturated/α-hetero) is 1. The minimum atomic E-state index is -3.53. The van der Waals surface area contributed by atoms with Crippen molar-refractivity contribution in [1.82, 2.24) is 4.72 Å². The predicted octanol–water partition coefficient (Wildman–Crippen LogP) is -0.688. The van der Waals surface area contributed by atoms with Crippen LogP contribution in [0.4, 0.5) is 0 Å². The zero-order chi connectivity index (χ0) is 13.8. The molecule has 100 valence electrons. The van der Waals surface area contributed by atoms with Crippen molar-refractivity contribution in [2.45, 2.75) is 11.8 Å². The number of quaternary nitrogens is 1. The Labute approximate surface area is 108 Å². The van der Waals surface area contributed by atoms with E-state index in [2.05, 4.69) is 4.72 Å². The molecule has 0 spiro atoms. The van der Waals surface area contributed by atoms with Crippen LogP contribution in [-0.4, -0.2) is 41.4 Å². The van der Waals surface area contributed by atoms with Crippen molar-refractivity contribution in [3.05, 3.63) is 29.8 Å². The second-order valence-corrected chi connectivity index (χ2v) is 6.21. The lowest BCUT2D eigenvalue weighted by molar-refractivity contribution is -0.856. The molecule has 5 nitrogen and oxygen atoms in total. The number of carbonyl (C=O) groups is 1. The molecule has 0 radical (unpaired) electrons. The zero-order valence-electron chi connectivity index (χ0n) is 10.9. The van der Waals surface area contributed by atoms with Gasteiger partial charge in [-0.05, 0) is 19.1 Å². The molecular weight excluding hydrogens is 252 g/mol. The van der Waals surface area contributed by atoms with E-state index >= 15 is 0 Å². The summed E-state index contributed by atoms with van der Waals surface area (Å²) < 4.78 is 26.4. The van der Waals surface area contributed by atoms with E-state index in [1.165, 1.54) is 19.1 Å². The third kappa shape index (κ3) is 4.21. The lowest BCUT2D eigenvalue weighted by atomic mass is 10.2. The fraction of sp³-hybridized carbons (Fsp3) is 0.417. The minimum Gasteiger partial charge on any atom is -0.339 e. The number of benzene rings is 1. The molecule has 1 aromatic carbocycles. The van der Waals surface area contributed by atoms with Gasteiger partial charge in [0.05, 0.1) is 32.1 Å². The first-order valence-electron chi connectivity index (χ1n) is 5.72. The molecule has 1 aromatic rings. The van der Waals surface area contributed by atoms with Crippen molar-refractivity contribution < 1.29 is 18.1 Å². The van der Waals surface area contributed by atoms with Gasteiger partial charge in [0.15, 0.2) is 5.78 Å². The largest absolute Gasteiger partial charge is 0.339 e. The molecule has 0 bridgehead atoms. The van der Waals surface area contributed by atoms with Crippen LogP contribution in [-0.2, 0) is 10.0 Å². The van der Waals surface area contributed by atoms with E-state index in [1.807, 2.05) is 14.1 Å². The topological polar surface area (TPSA) is 67.7 Å². The van der Waals surface area contributed by atoms with E-state index in [9.17, 15) is 13.2 Å². The van der Waals surface area contributed by atoms with Crippen LogP contribution in [0.5, 0.6) is 0 Å². The summed E-state index contributed by atoms with van der Waals surface area (Å²) in [4.78, 5) is 12.5. The summed E-state index contributed by atoms with van der Waals surface area (Å²) in [7, 11) is 0.371. The van der Waals surface area contributed by atoms with Gasteiger partial charge in [-0.25, -0.2) is 13.1 Å². The smallest absolute Gasteiger partial charge is 0.240 e. The quantitative estimate of drug-likeness (QED) is 0.673. The summed E-state index contributed by atoms with van der Waals surface area (Å²) >= 11 is 0. The Kier molecular flexibility index (Phi) is 5.01. The molecule has 0 heterocycles. The van der Waals surface area contributed by atoms with Crippen molar-refractivity contribution in [3.63, 3.8) is 0 Å². The Hall–Kier alpha value is -1.24. The van der Waals surface area contributed by atoms with Crippen LogP contribution in [0.1, 0.15) is 17.3 Å². The number of likely N-dealkylation sites (N-methyl/N-ethyl adjacent to an activating group) is 1. The standard InChI is InChI=1S/C12H18N2O3S/c1-10(15)11-5-4-6-12(9-11)18(16,17)13-7-8-14(2)3/h4-6,9,13H,7-8H2,1-3H3/p+1. The molecule has 0 aliphatic rings. The Bertz CT molecular complexity index is 524. The maximum absolute atomic E-state index is 12.0. The van der Waals surface area contributed by atoms with Crippen LogP contribution in [0, 0.1) is 0 Å². The highest BCUT2D eigenvalue weighted by molar-refractivity contribution is 7.89. The van der Waals surface area contributed by atoms with Crippen molar-refractivity contribution in [1.29, 1.82) is 0 Å². The molecule has 0 unspecified atom stereocenters. The zero-order valence-corrected chi connectivity index (χ0v) is 11.7. The molecule has 1 rings (SSSR count). The van der Waals surface area contributed by atoms with E-state index < -0.39 is 10.0 Å². The molecule has 0 fully saturated rings. The number of ketones is 1. The minimum absolute atomic E-state index is 0.129. The van der Waals surface area contributed by atoms with Gasteiger partial charge in [-0.15, -0.1) is 0 Å². The third-order valence-corrected chi connectivity index (χ3v) is 3.93. The monoisotopic (exact) mass is 271 g/mol. The number of rotatable bonds is 6. The number of carbonyl (C=O) groups excluding carboxylic acids is 1. The van der Waals surface area contributed by atoms with E-state index in [0.717, 1.165) is 4.90 Å². The first kappa shape index (κ1) is 14.8. The van der Waals surface area contributed by atoms with E-state index in [-0.39, 0.29) is 10.7 Å². The van der Waals surface area contributed by atoms with E-state index in [0.29, 0.717) is 18.7 Å². The number of hydrogen-bond donors (Lipinski definition) is 2. The lowest BCUT2D eigenvalue weighted by Gasteiger charge is -2.09. The molecule has 0 aliphatic carbocycles. The van der Waals surface area contributed by atoms with Gasteiger partial charge in [-0.1, -0.05) is 12.1 Å². The van der Waals surface area contributed by atoms with Crippen molar-refractivity contribution in [3.8, 4) is 0 Å². The van der Waals surface area contributed by atoms with Crippen LogP contribution in [0.15, 0.2) is 29.2 Å². The Morgan fingerprint density at radius 3 is 2.56 bits per heavy atom. The van der Waals surface area contributed by atoms with Gasteiger partial charge in [0, 0.05) is 5.56 Å². The summed E-state index contributed by atoms with van der Waals surface area (Å²) in [5.74, 6) is -0.148. The van der Waals surface area contributed by atoms with Gasteiger partial charge >= 0.3 is 0 Å². The fourth-order valence-electron chi connectivity index (χ4n) is 1.40. The van der Waals surface area contributed by atoms with Gasteiger partial charge < -0.3 is 4.90 Å². The van der Waals surface area contributed by atoms with Gasteiger partial charge in [0.25, 0.3) is 0 Å². The molecule has 0 aliphatic heterocycles. The maximum Gasteiger partial charge on any atom is 0.240 e. The van der Waals surface area contributed by atoms with Crippen molar-refractivity contribution in [2.24, 2.45) is 0 Å². The average molecular weight is 271 g/mol. The van der Waals surface area contributed by atoms with E-state index in [1.54, 1.807) is 12.1 Å². The molecular formula is C12H19N2O3S+. The number of sulfonamides is 1. The average Bonchev–Trinajstić information content (AvgIpc) is 2.28. The number of nitrogens with one attached hydrogen (secondary N) is 2. The van der Waals surface area contributed by atoms with Gasteiger partial charge in [-0.2, -0.15) is 0 Å². The van der Waals surface area contributed by atoms with Crippen LogP contribution in [0.3, 0.4) is 0 Å². The highest BCUT2D eigenvalue weighted by Gasteiger charge is 2.15. The summed E-state index contributed by atoms with van der Waals surface area (Å²) in [6, 6.07) is 6.05. The van der Waals surface area contributed by atoms with Crippen LogP contribution in [0.2, 0.25) is 0 Å². The Morgan fingerprint density at radius 1 is 1.33 bits per heavy atom. The SMILES string of the molecule is CC(=O)c1cccc(S(=O)(=O)NCC[NH+](C)C)c1. The maximum atomic E-state index is 12.0. The normalized spacial score (nSPS) is 11.8. The highest BCUT2D eigenvalue weighted by atomic mass is 32.2. The van der Waals surface area contributed by atoms with Gasteiger partial charge in [0.1, 0.15) is 0 Å². The van der Waals surface area contributed by atoms with Crippen molar-refractivity contribution in [2.75, 3.05) is 27.2 Å². The second kappa shape index (κ2) is 6.08. The Balaban J connectivity index is 2.85. The van der Waals surface area contributed by atoms with E-state index in [4.69, 9.17) is 0 Å². The molecule has 0 saturated carbocycles. The molecule has 18 heavy (non-hydrogen) atoms. The first-order chi connectivity index (χ1) is 8.33. The molecule has 0 amide bonds. The summed E-state index contributed by atoms with van der Waals surface area (Å²) in [6.07, 6.45) is 0. The summed E-state index contributed by atoms with van der Waals surface area (Å²) in [6.45, 7) is 2.48. The molecule has 6 heteroatoms. The van der Waals surface area contributed by atoms with Crippen molar-refractivity contribution >= 4 is 15.8 Å². The fourth-order valence-corrected chi connectivity index (χ4v) is 2.48. The highest BCUT2D eigenvalue weighted by Crippen LogP contribution is 2.11. The van der Waals surface area contributed by atoms with Crippen LogP contribution < -0.4 is 9.62 Å². The molecule has 2 N–H and O–H groups in total. The third-order valence-electron chi connectivity index (χ3n) is 2.47. The molecule has 0 aromatic heterocycles. The van der Waals surface area contributed by atoms with Crippen LogP contribution in [0.25, 0.3) is 0 Å². The molecule has 0 atom stereocenters. The predicted molar refractivity (Wildman–Crippen MR) is 69.3 cm³/mol. The molecule has 0 saturated heterocycles. The first-order valence-corrected chi connectivity index (χ1v) is 7.21. The second-order valence-electron chi connectivity index (χ2n) is 4.44. The van der Waals surface area contributed by atoms with Crippen LogP contribution >= 0.6 is 0 Å². The lowest BCUT2D eigenvalue weighted by Crippen LogP contribution is -3.06. The van der Waals surface area contributed by atoms with Gasteiger partial charge in [0.2, 0.25) is 10.0 Å². The Morgan fingerprint density at radius 2 is 2.00 bits per heavy atom. The summed E-state index contributed by atoms with van der Waals surface area (Å²) in [5, 5.41) is 0. The van der Waals surface area contributed by atoms with Gasteiger partial charge in [-0.3, -0.25) is 4.79 Å².